The summed E-state index contributed by atoms with van der Waals surface area (Å²) in [4.78, 5) is 37.8. The number of amides is 1. The van der Waals surface area contributed by atoms with E-state index < -0.39 is 12.0 Å². The molecule has 1 amide bonds. The Kier molecular flexibility index (Phi) is 9.17. The summed E-state index contributed by atoms with van der Waals surface area (Å²) in [5, 5.41) is 3.01. The number of hydrogen-bond donors (Lipinski definition) is 3. The monoisotopic (exact) mass is 429 g/mol. The summed E-state index contributed by atoms with van der Waals surface area (Å²) in [5.41, 5.74) is 12.7. The molecule has 0 aromatic heterocycles. The quantitative estimate of drug-likeness (QED) is 0.375. The number of nitrogens with one attached hydrogen (secondary N) is 1. The van der Waals surface area contributed by atoms with Crippen molar-refractivity contribution in [3.8, 4) is 0 Å². The van der Waals surface area contributed by atoms with Crippen molar-refractivity contribution in [2.75, 3.05) is 13.1 Å². The van der Waals surface area contributed by atoms with Crippen molar-refractivity contribution in [3.63, 3.8) is 0 Å². The molecule has 2 aromatic rings. The summed E-state index contributed by atoms with van der Waals surface area (Å²) in [6.07, 6.45) is 2.07. The second-order valence-corrected chi connectivity index (χ2v) is 7.66. The predicted octanol–water partition coefficient (Wildman–Crippen LogP) is 2.82. The van der Waals surface area contributed by atoms with Crippen LogP contribution >= 0.6 is 11.6 Å². The first-order valence-electron chi connectivity index (χ1n) is 10.0. The molecule has 0 heterocycles. The Hall–Kier alpha value is -2.54. The Morgan fingerprint density at radius 1 is 1.07 bits per heavy atom. The van der Waals surface area contributed by atoms with Gasteiger partial charge in [0.05, 0.1) is 12.6 Å². The van der Waals surface area contributed by atoms with E-state index in [0.717, 1.165) is 12.8 Å². The van der Waals surface area contributed by atoms with Crippen LogP contribution in [0.5, 0.6) is 0 Å². The number of carbonyl (C=O) groups excluding carboxylic acids is 3. The number of benzene rings is 2. The van der Waals surface area contributed by atoms with Crippen LogP contribution in [0.2, 0.25) is 5.02 Å². The second kappa shape index (κ2) is 11.6. The van der Waals surface area contributed by atoms with Gasteiger partial charge in [-0.1, -0.05) is 61.3 Å². The van der Waals surface area contributed by atoms with Crippen LogP contribution in [0.15, 0.2) is 48.5 Å². The largest absolute Gasteiger partial charge is 0.348 e. The van der Waals surface area contributed by atoms with Crippen LogP contribution in [-0.4, -0.2) is 36.6 Å². The van der Waals surface area contributed by atoms with E-state index in [0.29, 0.717) is 34.7 Å². The Labute approximate surface area is 182 Å². The average Bonchev–Trinajstić information content (AvgIpc) is 2.76. The fourth-order valence-corrected chi connectivity index (χ4v) is 3.29. The number of Topliss-reactive ketones (excluding diaryl/α,β-unsaturated/α-hetero) is 1. The molecule has 30 heavy (non-hydrogen) atoms. The van der Waals surface area contributed by atoms with E-state index in [1.54, 1.807) is 49.4 Å². The zero-order valence-corrected chi connectivity index (χ0v) is 17.8. The van der Waals surface area contributed by atoms with Crippen LogP contribution in [0, 0.1) is 0 Å². The minimum atomic E-state index is -0.676. The summed E-state index contributed by atoms with van der Waals surface area (Å²) < 4.78 is 0. The Bertz CT molecular complexity index is 887. The number of hydrogen-bond acceptors (Lipinski definition) is 5. The number of rotatable bonds is 11. The van der Waals surface area contributed by atoms with Gasteiger partial charge in [0.1, 0.15) is 0 Å². The lowest BCUT2D eigenvalue weighted by Gasteiger charge is -2.17. The summed E-state index contributed by atoms with van der Waals surface area (Å²) in [6, 6.07) is 13.0. The van der Waals surface area contributed by atoms with Crippen molar-refractivity contribution in [2.24, 2.45) is 11.5 Å². The number of halogens is 1. The van der Waals surface area contributed by atoms with Crippen LogP contribution in [0.1, 0.15) is 53.6 Å². The van der Waals surface area contributed by atoms with Crippen LogP contribution in [0.25, 0.3) is 0 Å². The number of ketones is 2. The second-order valence-electron chi connectivity index (χ2n) is 7.22. The lowest BCUT2D eigenvalue weighted by atomic mass is 9.88. The number of carbonyl (C=O) groups is 3. The fourth-order valence-electron chi connectivity index (χ4n) is 3.12. The molecule has 2 rings (SSSR count). The number of unbranched alkanes of at least 4 members (excludes halogenated alkanes) is 1. The van der Waals surface area contributed by atoms with Crippen LogP contribution < -0.4 is 16.8 Å². The van der Waals surface area contributed by atoms with Crippen molar-refractivity contribution >= 4 is 29.1 Å². The SMILES string of the molecule is CC(C(=O)CNC(=O)C(N)CCCCN)c1ccc(Cl)cc1C(=O)c1ccccc1. The molecule has 5 N–H and O–H groups in total. The van der Waals surface area contributed by atoms with E-state index in [1.807, 2.05) is 6.07 Å². The highest BCUT2D eigenvalue weighted by molar-refractivity contribution is 6.31. The normalized spacial score (nSPS) is 12.8. The van der Waals surface area contributed by atoms with Gasteiger partial charge in [0.15, 0.2) is 11.6 Å². The molecular formula is C23H28ClN3O3. The minimum absolute atomic E-state index is 0.161. The molecule has 7 heteroatoms. The van der Waals surface area contributed by atoms with Gasteiger partial charge in [0, 0.05) is 22.1 Å². The maximum Gasteiger partial charge on any atom is 0.237 e. The maximum atomic E-state index is 13.0. The fraction of sp³-hybridized carbons (Fsp3) is 0.348. The minimum Gasteiger partial charge on any atom is -0.348 e. The highest BCUT2D eigenvalue weighted by atomic mass is 35.5. The highest BCUT2D eigenvalue weighted by Crippen LogP contribution is 2.26. The zero-order valence-electron chi connectivity index (χ0n) is 17.1. The first kappa shape index (κ1) is 23.7. The van der Waals surface area contributed by atoms with Crippen molar-refractivity contribution in [1.82, 2.24) is 5.32 Å². The lowest BCUT2D eigenvalue weighted by Crippen LogP contribution is -2.43. The molecule has 6 nitrogen and oxygen atoms in total. The molecule has 2 unspecified atom stereocenters. The molecule has 160 valence electrons. The molecule has 0 aliphatic rings. The van der Waals surface area contributed by atoms with E-state index in [9.17, 15) is 14.4 Å². The van der Waals surface area contributed by atoms with Gasteiger partial charge in [-0.3, -0.25) is 14.4 Å². The van der Waals surface area contributed by atoms with Crippen molar-refractivity contribution < 1.29 is 14.4 Å². The van der Waals surface area contributed by atoms with E-state index in [4.69, 9.17) is 23.1 Å². The van der Waals surface area contributed by atoms with Gasteiger partial charge in [-0.15, -0.1) is 0 Å². The Morgan fingerprint density at radius 2 is 1.77 bits per heavy atom. The summed E-state index contributed by atoms with van der Waals surface area (Å²) >= 11 is 6.11. The average molecular weight is 430 g/mol. The molecular weight excluding hydrogens is 402 g/mol. The first-order chi connectivity index (χ1) is 14.3. The van der Waals surface area contributed by atoms with Crippen LogP contribution in [0.3, 0.4) is 0 Å². The van der Waals surface area contributed by atoms with Crippen molar-refractivity contribution in [1.29, 1.82) is 0 Å². The summed E-state index contributed by atoms with van der Waals surface area (Å²) in [7, 11) is 0. The van der Waals surface area contributed by atoms with E-state index in [2.05, 4.69) is 5.32 Å². The Balaban J connectivity index is 2.09. The predicted molar refractivity (Wildman–Crippen MR) is 119 cm³/mol. The Morgan fingerprint density at radius 3 is 2.43 bits per heavy atom. The van der Waals surface area contributed by atoms with Gasteiger partial charge < -0.3 is 16.8 Å². The summed E-state index contributed by atoms with van der Waals surface area (Å²) in [6.45, 7) is 2.10. The molecule has 2 aromatic carbocycles. The van der Waals surface area contributed by atoms with Crippen molar-refractivity contribution in [3.05, 3.63) is 70.2 Å². The van der Waals surface area contributed by atoms with Gasteiger partial charge >= 0.3 is 0 Å². The van der Waals surface area contributed by atoms with Crippen LogP contribution in [-0.2, 0) is 9.59 Å². The standard InChI is InChI=1S/C23H28ClN3O3/c1-15(21(28)14-27-23(30)20(26)9-5-6-12-25)18-11-10-17(24)13-19(18)22(29)16-7-3-2-4-8-16/h2-4,7-8,10-11,13,15,20H,5-6,9,12,14,25-26H2,1H3,(H,27,30). The van der Waals surface area contributed by atoms with Gasteiger partial charge in [-0.05, 0) is 37.1 Å². The van der Waals surface area contributed by atoms with Crippen molar-refractivity contribution in [2.45, 2.75) is 38.1 Å². The van der Waals surface area contributed by atoms with Gasteiger partial charge in [0.25, 0.3) is 0 Å². The van der Waals surface area contributed by atoms with Gasteiger partial charge in [-0.2, -0.15) is 0 Å². The molecule has 0 fully saturated rings. The molecule has 2 atom stereocenters. The smallest absolute Gasteiger partial charge is 0.237 e. The lowest BCUT2D eigenvalue weighted by molar-refractivity contribution is -0.126. The third kappa shape index (κ3) is 6.49. The maximum absolute atomic E-state index is 13.0. The molecule has 0 saturated carbocycles. The third-order valence-corrected chi connectivity index (χ3v) is 5.22. The summed E-state index contributed by atoms with van der Waals surface area (Å²) in [5.74, 6) is -1.40. The molecule has 0 bridgehead atoms. The molecule has 0 radical (unpaired) electrons. The van der Waals surface area contributed by atoms with Gasteiger partial charge in [-0.25, -0.2) is 0 Å². The highest BCUT2D eigenvalue weighted by Gasteiger charge is 2.23. The molecule has 0 aliphatic carbocycles. The van der Waals surface area contributed by atoms with Gasteiger partial charge in [0.2, 0.25) is 5.91 Å². The molecule has 0 saturated heterocycles. The molecule has 0 aliphatic heterocycles. The third-order valence-electron chi connectivity index (χ3n) is 4.99. The topological polar surface area (TPSA) is 115 Å². The van der Waals surface area contributed by atoms with E-state index in [1.165, 1.54) is 0 Å². The van der Waals surface area contributed by atoms with E-state index in [-0.39, 0.29) is 24.0 Å². The molecule has 0 spiro atoms. The number of nitrogens with two attached hydrogens (primary N) is 2. The first-order valence-corrected chi connectivity index (χ1v) is 10.4. The zero-order chi connectivity index (χ0) is 22.1. The van der Waals surface area contributed by atoms with E-state index >= 15 is 0 Å². The van der Waals surface area contributed by atoms with Crippen LogP contribution in [0.4, 0.5) is 0 Å².